The van der Waals surface area contributed by atoms with Gasteiger partial charge >= 0.3 is 17.9 Å². The molecule has 0 radical (unpaired) electrons. The number of rotatable bonds is 25. The van der Waals surface area contributed by atoms with Gasteiger partial charge in [0.15, 0.2) is 5.60 Å². The fraction of sp³-hybridized carbons (Fsp3) is 0.681. The molecule has 326 valence electrons. The normalized spacial score (nSPS) is 14.0. The number of hydrogen-bond acceptors (Lipinski definition) is 10. The molecule has 2 N–H and O–H groups in total. The van der Waals surface area contributed by atoms with E-state index in [2.05, 4.69) is 24.1 Å². The van der Waals surface area contributed by atoms with E-state index in [0.717, 1.165) is 38.5 Å². The predicted octanol–water partition coefficient (Wildman–Crippen LogP) is 8.70. The van der Waals surface area contributed by atoms with E-state index in [4.69, 9.17) is 18.9 Å². The van der Waals surface area contributed by atoms with Crippen LogP contribution >= 0.6 is 0 Å². The number of carbonyl (C=O) groups is 5. The Morgan fingerprint density at radius 1 is 0.759 bits per heavy atom. The molecule has 0 fully saturated rings. The van der Waals surface area contributed by atoms with Gasteiger partial charge in [-0.25, -0.2) is 9.59 Å². The minimum Gasteiger partial charge on any atom is -0.481 e. The van der Waals surface area contributed by atoms with Gasteiger partial charge in [-0.2, -0.15) is 0 Å². The first kappa shape index (κ1) is 51.8. The predicted molar refractivity (Wildman–Crippen MR) is 227 cm³/mol. The van der Waals surface area contributed by atoms with E-state index < -0.39 is 64.6 Å². The first-order chi connectivity index (χ1) is 27.0. The van der Waals surface area contributed by atoms with Crippen molar-refractivity contribution in [2.24, 2.45) is 5.92 Å². The topological polar surface area (TPSA) is 155 Å². The highest BCUT2D eigenvalue weighted by Crippen LogP contribution is 2.30. The Balaban J connectivity index is 3.41. The average molecular weight is 812 g/mol. The molecule has 0 spiro atoms. The molecule has 1 aromatic carbocycles. The molecular weight excluding hydrogens is 739 g/mol. The van der Waals surface area contributed by atoms with Crippen LogP contribution < -0.4 is 10.1 Å². The van der Waals surface area contributed by atoms with Crippen LogP contribution in [0.5, 0.6) is 5.75 Å². The van der Waals surface area contributed by atoms with Gasteiger partial charge in [-0.3, -0.25) is 14.4 Å². The fourth-order valence-electron chi connectivity index (χ4n) is 5.93. The van der Waals surface area contributed by atoms with E-state index in [-0.39, 0.29) is 13.0 Å². The van der Waals surface area contributed by atoms with Crippen molar-refractivity contribution in [1.82, 2.24) is 5.32 Å². The second kappa shape index (κ2) is 25.3. The summed E-state index contributed by atoms with van der Waals surface area (Å²) in [6.07, 6.45) is 12.6. The van der Waals surface area contributed by atoms with Crippen molar-refractivity contribution >= 4 is 29.6 Å². The Kier molecular flexibility index (Phi) is 22.7. The van der Waals surface area contributed by atoms with E-state index >= 15 is 0 Å². The molecule has 11 nitrogen and oxygen atoms in total. The van der Waals surface area contributed by atoms with E-state index in [1.807, 2.05) is 0 Å². The van der Waals surface area contributed by atoms with Crippen LogP contribution in [-0.4, -0.2) is 69.8 Å². The Morgan fingerprint density at radius 2 is 1.31 bits per heavy atom. The number of Topliss-reactive ketones (excluding diaryl/α,β-unsaturated/α-hetero) is 1. The highest BCUT2D eigenvalue weighted by atomic mass is 16.6. The van der Waals surface area contributed by atoms with Crippen molar-refractivity contribution in [3.05, 3.63) is 42.0 Å². The van der Waals surface area contributed by atoms with Crippen LogP contribution in [0.25, 0.3) is 0 Å². The van der Waals surface area contributed by atoms with E-state index in [9.17, 15) is 29.1 Å². The number of ether oxygens (including phenoxy) is 4. The summed E-state index contributed by atoms with van der Waals surface area (Å²) in [6, 6.07) is 5.70. The summed E-state index contributed by atoms with van der Waals surface area (Å²) in [4.78, 5) is 67.6. The van der Waals surface area contributed by atoms with Crippen molar-refractivity contribution in [2.75, 3.05) is 6.61 Å². The standard InChI is InChI=1S/C47H73NO10/c1-12-14-16-19-22-25-36(49)26-23-20-17-18-21-24-27-38(47(54,43(53)58-46(9,10)11)34-40(50)56-44(3,4)5)41(51)48-39(42(52)57-45(6,7)8)33-35-28-30-37(31-29-35)55-32-15-13-2/h24,27-31,38-39,54H,12,14,16-23,25-26,32-34H2,1-11H3,(H,48,51)/b27-24+/t38-,39+,47+/m1/s1. The Hall–Kier alpha value is -4.17. The molecule has 0 aliphatic rings. The summed E-state index contributed by atoms with van der Waals surface area (Å²) >= 11 is 0. The SMILES string of the molecule is CC#CCOc1ccc(C[C@H](NC(=O)[C@@H](/C=C/CCCCCCC(=O)CCCCCCC)[C@@](O)(CC(=O)OC(C)(C)C)C(=O)OC(C)(C)C)C(=O)OC(C)(C)C)cc1. The number of esters is 3. The minimum atomic E-state index is -2.72. The molecule has 0 bridgehead atoms. The molecule has 0 aliphatic heterocycles. The van der Waals surface area contributed by atoms with Crippen LogP contribution in [0.4, 0.5) is 0 Å². The zero-order valence-corrected chi connectivity index (χ0v) is 37.3. The lowest BCUT2D eigenvalue weighted by molar-refractivity contribution is -0.190. The highest BCUT2D eigenvalue weighted by molar-refractivity contribution is 5.96. The molecule has 58 heavy (non-hydrogen) atoms. The molecule has 0 unspecified atom stereocenters. The summed E-state index contributed by atoms with van der Waals surface area (Å²) in [5.41, 5.74) is -4.98. The number of amides is 1. The number of allylic oxidation sites excluding steroid dienone is 1. The third kappa shape index (κ3) is 22.7. The van der Waals surface area contributed by atoms with Crippen molar-refractivity contribution in [2.45, 2.75) is 194 Å². The lowest BCUT2D eigenvalue weighted by atomic mass is 9.82. The summed E-state index contributed by atoms with van der Waals surface area (Å²) < 4.78 is 22.4. The third-order valence-electron chi connectivity index (χ3n) is 8.71. The minimum absolute atomic E-state index is 0.00439. The van der Waals surface area contributed by atoms with E-state index in [0.29, 0.717) is 36.4 Å². The molecule has 3 atom stereocenters. The fourth-order valence-corrected chi connectivity index (χ4v) is 5.93. The maximum absolute atomic E-state index is 14.4. The van der Waals surface area contributed by atoms with Crippen LogP contribution in [0.3, 0.4) is 0 Å². The molecule has 1 aromatic rings. The molecule has 0 aliphatic carbocycles. The average Bonchev–Trinajstić information content (AvgIpc) is 3.09. The van der Waals surface area contributed by atoms with E-state index in [1.54, 1.807) is 99.6 Å². The van der Waals surface area contributed by atoms with Crippen LogP contribution in [0.1, 0.15) is 165 Å². The van der Waals surface area contributed by atoms with Crippen LogP contribution in [0.15, 0.2) is 36.4 Å². The first-order valence-corrected chi connectivity index (χ1v) is 21.0. The Labute approximate surface area is 348 Å². The van der Waals surface area contributed by atoms with Gasteiger partial charge in [0.25, 0.3) is 0 Å². The number of ketones is 1. The molecule has 0 aromatic heterocycles. The molecule has 1 rings (SSSR count). The Bertz CT molecular complexity index is 1530. The summed E-state index contributed by atoms with van der Waals surface area (Å²) in [5.74, 6) is 1.05. The van der Waals surface area contributed by atoms with E-state index in [1.165, 1.54) is 25.3 Å². The highest BCUT2D eigenvalue weighted by Gasteiger charge is 2.52. The molecule has 11 heteroatoms. The van der Waals surface area contributed by atoms with Gasteiger partial charge < -0.3 is 29.4 Å². The van der Waals surface area contributed by atoms with Gasteiger partial charge in [-0.1, -0.05) is 75.7 Å². The van der Waals surface area contributed by atoms with Gasteiger partial charge in [0.2, 0.25) is 5.91 Å². The molecule has 0 heterocycles. The zero-order valence-electron chi connectivity index (χ0n) is 37.3. The second-order valence-electron chi connectivity index (χ2n) is 17.9. The maximum atomic E-state index is 14.4. The summed E-state index contributed by atoms with van der Waals surface area (Å²) in [5, 5.41) is 15.0. The van der Waals surface area contributed by atoms with Crippen molar-refractivity contribution < 1.29 is 48.0 Å². The third-order valence-corrected chi connectivity index (χ3v) is 8.71. The van der Waals surface area contributed by atoms with Gasteiger partial charge in [0.05, 0.1) is 12.3 Å². The second-order valence-corrected chi connectivity index (χ2v) is 17.9. The zero-order chi connectivity index (χ0) is 44.0. The Morgan fingerprint density at radius 3 is 1.84 bits per heavy atom. The maximum Gasteiger partial charge on any atom is 0.340 e. The number of benzene rings is 1. The van der Waals surface area contributed by atoms with Crippen molar-refractivity contribution in [3.63, 3.8) is 0 Å². The van der Waals surface area contributed by atoms with Crippen LogP contribution in [0.2, 0.25) is 0 Å². The molecule has 0 saturated carbocycles. The number of carbonyl (C=O) groups excluding carboxylic acids is 5. The lowest BCUT2D eigenvalue weighted by Gasteiger charge is -2.35. The van der Waals surface area contributed by atoms with Gasteiger partial charge in [-0.05, 0) is 113 Å². The van der Waals surface area contributed by atoms with Crippen molar-refractivity contribution in [1.29, 1.82) is 0 Å². The summed E-state index contributed by atoms with van der Waals surface area (Å²) in [6.45, 7) is 19.0. The molecule has 1 amide bonds. The van der Waals surface area contributed by atoms with Gasteiger partial charge in [-0.15, -0.1) is 5.92 Å². The van der Waals surface area contributed by atoms with Gasteiger partial charge in [0.1, 0.15) is 41.0 Å². The summed E-state index contributed by atoms with van der Waals surface area (Å²) in [7, 11) is 0. The first-order valence-electron chi connectivity index (χ1n) is 21.0. The molecular formula is C47H73NO10. The quantitative estimate of drug-likeness (QED) is 0.0322. The van der Waals surface area contributed by atoms with Gasteiger partial charge in [0, 0.05) is 19.3 Å². The van der Waals surface area contributed by atoms with Crippen LogP contribution in [0, 0.1) is 17.8 Å². The van der Waals surface area contributed by atoms with Crippen LogP contribution in [-0.2, 0) is 44.6 Å². The number of hydrogen-bond donors (Lipinski definition) is 2. The number of aliphatic hydroxyl groups is 1. The largest absolute Gasteiger partial charge is 0.481 e. The number of nitrogens with one attached hydrogen (secondary N) is 1. The molecule has 0 saturated heterocycles. The van der Waals surface area contributed by atoms with Crippen molar-refractivity contribution in [3.8, 4) is 17.6 Å². The lowest BCUT2D eigenvalue weighted by Crippen LogP contribution is -2.57. The number of unbranched alkanes of at least 4 members (excludes halogenated alkanes) is 8. The monoisotopic (exact) mass is 812 g/mol. The smallest absolute Gasteiger partial charge is 0.340 e.